The molecule has 2 fully saturated rings. The molecule has 0 radical (unpaired) electrons. The van der Waals surface area contributed by atoms with Crippen LogP contribution in [-0.4, -0.2) is 54.9 Å². The lowest BCUT2D eigenvalue weighted by atomic mass is 10.1. The Morgan fingerprint density at radius 1 is 1.04 bits per heavy atom. The molecule has 2 unspecified atom stereocenters. The number of methoxy groups -OCH3 is 1. The Morgan fingerprint density at radius 2 is 1.59 bits per heavy atom. The summed E-state index contributed by atoms with van der Waals surface area (Å²) in [7, 11) is 1.61. The van der Waals surface area contributed by atoms with Crippen LogP contribution in [0.2, 0.25) is 0 Å². The first kappa shape index (κ1) is 19.5. The Morgan fingerprint density at radius 3 is 2.11 bits per heavy atom. The van der Waals surface area contributed by atoms with Gasteiger partial charge in [-0.3, -0.25) is 9.59 Å². The third-order valence-corrected chi connectivity index (χ3v) is 5.91. The number of nitrogens with zero attached hydrogens (tertiary/aromatic N) is 2. The van der Waals surface area contributed by atoms with Crippen molar-refractivity contribution < 1.29 is 14.3 Å². The van der Waals surface area contributed by atoms with E-state index in [4.69, 9.17) is 4.74 Å². The van der Waals surface area contributed by atoms with Crippen LogP contribution in [0.4, 0.5) is 0 Å². The summed E-state index contributed by atoms with van der Waals surface area (Å²) in [4.78, 5) is 29.4. The van der Waals surface area contributed by atoms with Crippen LogP contribution >= 0.6 is 0 Å². The van der Waals surface area contributed by atoms with Crippen LogP contribution in [0.1, 0.15) is 38.1 Å². The molecule has 146 valence electrons. The van der Waals surface area contributed by atoms with Gasteiger partial charge in [0, 0.05) is 31.7 Å². The van der Waals surface area contributed by atoms with Gasteiger partial charge in [0.15, 0.2) is 0 Å². The lowest BCUT2D eigenvalue weighted by molar-refractivity contribution is -0.135. The highest BCUT2D eigenvalue weighted by Crippen LogP contribution is 2.60. The number of piperazine rings is 1. The van der Waals surface area contributed by atoms with E-state index in [-0.39, 0.29) is 23.1 Å². The average molecular weight is 370 g/mol. The van der Waals surface area contributed by atoms with Crippen LogP contribution in [0.25, 0.3) is 0 Å². The van der Waals surface area contributed by atoms with Gasteiger partial charge < -0.3 is 14.5 Å². The zero-order valence-corrected chi connectivity index (χ0v) is 17.0. The maximum absolute atomic E-state index is 13.0. The van der Waals surface area contributed by atoms with Crippen molar-refractivity contribution in [3.63, 3.8) is 0 Å². The van der Waals surface area contributed by atoms with E-state index in [1.54, 1.807) is 31.4 Å². The maximum atomic E-state index is 13.0. The Labute approximate surface area is 162 Å². The van der Waals surface area contributed by atoms with Gasteiger partial charge in [-0.25, -0.2) is 0 Å². The van der Waals surface area contributed by atoms with Crippen LogP contribution < -0.4 is 4.74 Å². The van der Waals surface area contributed by atoms with Crippen molar-refractivity contribution in [3.8, 4) is 5.75 Å². The highest BCUT2D eigenvalue weighted by atomic mass is 16.5. The summed E-state index contributed by atoms with van der Waals surface area (Å²) < 4.78 is 5.14. The van der Waals surface area contributed by atoms with E-state index in [1.807, 2.05) is 9.80 Å². The fourth-order valence-electron chi connectivity index (χ4n) is 4.06. The van der Waals surface area contributed by atoms with Crippen LogP contribution in [0.5, 0.6) is 5.75 Å². The Bertz CT molecular complexity index is 739. The molecule has 2 atom stereocenters. The number of hydrogen-bond donors (Lipinski definition) is 0. The topological polar surface area (TPSA) is 49.9 Å². The Hall–Kier alpha value is -2.30. The first-order valence-electron chi connectivity index (χ1n) is 9.63. The molecule has 1 aromatic rings. The molecular formula is C22H30N2O3. The maximum Gasteiger partial charge on any atom is 0.253 e. The quantitative estimate of drug-likeness (QED) is 0.765. The van der Waals surface area contributed by atoms with Gasteiger partial charge in [0.1, 0.15) is 5.75 Å². The van der Waals surface area contributed by atoms with Gasteiger partial charge in [0.05, 0.1) is 13.0 Å². The van der Waals surface area contributed by atoms with Gasteiger partial charge in [-0.15, -0.1) is 0 Å². The molecule has 1 aliphatic carbocycles. The average Bonchev–Trinajstić information content (AvgIpc) is 3.19. The number of rotatable bonds is 4. The minimum absolute atomic E-state index is 0.0129. The molecule has 1 aliphatic heterocycles. The van der Waals surface area contributed by atoms with E-state index < -0.39 is 0 Å². The van der Waals surface area contributed by atoms with E-state index >= 15 is 0 Å². The second-order valence-electron chi connectivity index (χ2n) is 8.41. The van der Waals surface area contributed by atoms with E-state index in [2.05, 4.69) is 33.8 Å². The monoisotopic (exact) mass is 370 g/mol. The summed E-state index contributed by atoms with van der Waals surface area (Å²) in [6.45, 7) is 10.9. The summed E-state index contributed by atoms with van der Waals surface area (Å²) >= 11 is 0. The molecule has 1 heterocycles. The fraction of sp³-hybridized carbons (Fsp3) is 0.545. The van der Waals surface area contributed by atoms with Crippen molar-refractivity contribution in [2.24, 2.45) is 17.3 Å². The zero-order chi connectivity index (χ0) is 19.8. The molecule has 0 spiro atoms. The van der Waals surface area contributed by atoms with Gasteiger partial charge in [0.25, 0.3) is 5.91 Å². The fourth-order valence-corrected chi connectivity index (χ4v) is 4.06. The molecule has 1 aromatic carbocycles. The SMILES string of the molecule is COc1ccc(C(=O)N2CCN(C(=O)C3C(C=C(C)C)C3(C)C)CC2)cc1. The van der Waals surface area contributed by atoms with Gasteiger partial charge in [-0.05, 0) is 49.4 Å². The van der Waals surface area contributed by atoms with Crippen molar-refractivity contribution in [1.82, 2.24) is 9.80 Å². The summed E-state index contributed by atoms with van der Waals surface area (Å²) in [6, 6.07) is 7.17. The molecule has 1 saturated carbocycles. The lowest BCUT2D eigenvalue weighted by Gasteiger charge is -2.35. The van der Waals surface area contributed by atoms with Crippen LogP contribution in [0.15, 0.2) is 35.9 Å². The zero-order valence-electron chi connectivity index (χ0n) is 17.0. The summed E-state index contributed by atoms with van der Waals surface area (Å²) in [5.41, 5.74) is 1.95. The Balaban J connectivity index is 1.58. The summed E-state index contributed by atoms with van der Waals surface area (Å²) in [5.74, 6) is 1.38. The van der Waals surface area contributed by atoms with Gasteiger partial charge >= 0.3 is 0 Å². The number of amides is 2. The first-order valence-corrected chi connectivity index (χ1v) is 9.63. The highest BCUT2D eigenvalue weighted by Gasteiger charge is 2.61. The lowest BCUT2D eigenvalue weighted by Crippen LogP contribution is -2.51. The molecule has 1 saturated heterocycles. The van der Waals surface area contributed by atoms with E-state index in [9.17, 15) is 9.59 Å². The van der Waals surface area contributed by atoms with Crippen LogP contribution in [0.3, 0.4) is 0 Å². The van der Waals surface area contributed by atoms with Crippen molar-refractivity contribution in [2.45, 2.75) is 27.7 Å². The Kier molecular flexibility index (Phi) is 5.31. The van der Waals surface area contributed by atoms with E-state index in [0.717, 1.165) is 5.75 Å². The number of ether oxygens (including phenoxy) is 1. The molecular weight excluding hydrogens is 340 g/mol. The number of benzene rings is 1. The predicted octanol–water partition coefficient (Wildman–Crippen LogP) is 3.22. The molecule has 5 heteroatoms. The number of carbonyl (C=O) groups excluding carboxylic acids is 2. The number of allylic oxidation sites excluding steroid dienone is 2. The summed E-state index contributed by atoms with van der Waals surface area (Å²) in [5, 5.41) is 0. The predicted molar refractivity (Wildman–Crippen MR) is 106 cm³/mol. The number of carbonyl (C=O) groups is 2. The second-order valence-corrected chi connectivity index (χ2v) is 8.41. The van der Waals surface area contributed by atoms with Crippen molar-refractivity contribution in [1.29, 1.82) is 0 Å². The van der Waals surface area contributed by atoms with E-state index in [1.165, 1.54) is 5.57 Å². The normalized spacial score (nSPS) is 23.6. The van der Waals surface area contributed by atoms with Crippen molar-refractivity contribution in [3.05, 3.63) is 41.5 Å². The molecule has 0 N–H and O–H groups in total. The third-order valence-electron chi connectivity index (χ3n) is 5.91. The molecule has 3 rings (SSSR count). The highest BCUT2D eigenvalue weighted by molar-refractivity contribution is 5.94. The molecule has 0 aromatic heterocycles. The molecule has 2 aliphatic rings. The van der Waals surface area contributed by atoms with Crippen molar-refractivity contribution in [2.75, 3.05) is 33.3 Å². The largest absolute Gasteiger partial charge is 0.497 e. The first-order chi connectivity index (χ1) is 12.8. The molecule has 27 heavy (non-hydrogen) atoms. The minimum atomic E-state index is 0.0129. The van der Waals surface area contributed by atoms with Crippen LogP contribution in [-0.2, 0) is 4.79 Å². The molecule has 0 bridgehead atoms. The number of hydrogen-bond acceptors (Lipinski definition) is 3. The van der Waals surface area contributed by atoms with Crippen molar-refractivity contribution >= 4 is 11.8 Å². The van der Waals surface area contributed by atoms with Gasteiger partial charge in [-0.2, -0.15) is 0 Å². The molecule has 5 nitrogen and oxygen atoms in total. The summed E-state index contributed by atoms with van der Waals surface area (Å²) in [6.07, 6.45) is 2.23. The van der Waals surface area contributed by atoms with Gasteiger partial charge in [0.2, 0.25) is 5.91 Å². The van der Waals surface area contributed by atoms with Gasteiger partial charge in [-0.1, -0.05) is 25.5 Å². The standard InChI is InChI=1S/C22H30N2O3/c1-15(2)14-18-19(22(18,3)4)21(26)24-12-10-23(11-13-24)20(25)16-6-8-17(27-5)9-7-16/h6-9,14,18-19H,10-13H2,1-5H3. The minimum Gasteiger partial charge on any atom is -0.497 e. The second kappa shape index (κ2) is 7.37. The van der Waals surface area contributed by atoms with E-state index in [0.29, 0.717) is 37.7 Å². The van der Waals surface area contributed by atoms with Crippen LogP contribution in [0, 0.1) is 17.3 Å². The molecule has 2 amide bonds. The third kappa shape index (κ3) is 3.87. The smallest absolute Gasteiger partial charge is 0.253 e.